The first kappa shape index (κ1) is 23.1. The quantitative estimate of drug-likeness (QED) is 0.250. The molecule has 0 aromatic heterocycles. The number of carboxylic acid groups (broad SMARTS) is 1. The van der Waals surface area contributed by atoms with Crippen LogP contribution in [0.5, 0.6) is 0 Å². The number of carbonyl (C=O) groups excluding carboxylic acids is 1. The van der Waals surface area contributed by atoms with Crippen LogP contribution in [-0.4, -0.2) is 71.4 Å². The van der Waals surface area contributed by atoms with Crippen molar-refractivity contribution >= 4 is 51.6 Å². The van der Waals surface area contributed by atoms with Crippen LogP contribution >= 0.6 is 0 Å². The molecule has 0 aromatic rings. The summed E-state index contributed by atoms with van der Waals surface area (Å²) in [5.41, 5.74) is 0. The normalized spacial score (nSPS) is 12.3. The second-order valence-electron chi connectivity index (χ2n) is 4.54. The van der Waals surface area contributed by atoms with Crippen LogP contribution in [-0.2, 0) is 24.4 Å². The molecule has 0 bridgehead atoms. The Bertz CT molecular complexity index is 408. The van der Waals surface area contributed by atoms with Crippen LogP contribution in [0.1, 0.15) is 51.9 Å². The molecule has 0 heterocycles. The first-order valence-corrected chi connectivity index (χ1v) is 8.14. The number of carboxylic acids is 1. The third-order valence-electron chi connectivity index (χ3n) is 2.72. The maximum absolute atomic E-state index is 11.4. The van der Waals surface area contributed by atoms with Crippen molar-refractivity contribution in [1.29, 1.82) is 0 Å². The van der Waals surface area contributed by atoms with E-state index in [1.165, 1.54) is 0 Å². The Morgan fingerprint density at radius 1 is 1.10 bits per heavy atom. The van der Waals surface area contributed by atoms with E-state index in [2.05, 4.69) is 6.92 Å². The Morgan fingerprint density at radius 3 is 2.10 bits per heavy atom. The minimum absolute atomic E-state index is 0. The zero-order chi connectivity index (χ0) is 15.6. The standard InChI is InChI=1S/C12H22O7S.Na.H/c1-2-3-4-5-6-7-8-19-12(15)10(9-11(13)14)20(16,17)18;;/h10H,2-9H2,1H3,(H,13,14)(H,16,17,18);;. The predicted molar refractivity (Wildman–Crippen MR) is 79.1 cm³/mol. The number of unbranched alkanes of at least 4 members (excludes halogenated alkanes) is 5. The molecule has 120 valence electrons. The van der Waals surface area contributed by atoms with Crippen LogP contribution in [0.4, 0.5) is 0 Å². The number of hydrogen-bond donors (Lipinski definition) is 2. The summed E-state index contributed by atoms with van der Waals surface area (Å²) in [6, 6.07) is 0. The van der Waals surface area contributed by atoms with Gasteiger partial charge < -0.3 is 9.84 Å². The summed E-state index contributed by atoms with van der Waals surface area (Å²) in [7, 11) is -4.77. The molecule has 0 spiro atoms. The fourth-order valence-corrected chi connectivity index (χ4v) is 2.28. The number of rotatable bonds is 11. The van der Waals surface area contributed by atoms with Crippen LogP contribution in [0, 0.1) is 0 Å². The van der Waals surface area contributed by atoms with Gasteiger partial charge in [0.2, 0.25) is 0 Å². The van der Waals surface area contributed by atoms with E-state index in [1.807, 2.05) is 0 Å². The molecule has 0 aromatic carbocycles. The van der Waals surface area contributed by atoms with E-state index in [1.54, 1.807) is 0 Å². The number of carbonyl (C=O) groups is 2. The van der Waals surface area contributed by atoms with Crippen LogP contribution in [0.3, 0.4) is 0 Å². The molecule has 0 fully saturated rings. The average molecular weight is 334 g/mol. The molecular formula is C12H23NaO7S. The third kappa shape index (κ3) is 12.1. The Morgan fingerprint density at radius 2 is 1.62 bits per heavy atom. The van der Waals surface area contributed by atoms with Crippen molar-refractivity contribution in [3.05, 3.63) is 0 Å². The summed E-state index contributed by atoms with van der Waals surface area (Å²) in [5.74, 6) is -2.72. The zero-order valence-electron chi connectivity index (χ0n) is 11.6. The van der Waals surface area contributed by atoms with E-state index in [0.29, 0.717) is 6.42 Å². The Kier molecular flexibility index (Phi) is 13.7. The molecule has 0 aliphatic heterocycles. The van der Waals surface area contributed by atoms with E-state index < -0.39 is 33.7 Å². The number of esters is 1. The molecule has 7 nitrogen and oxygen atoms in total. The van der Waals surface area contributed by atoms with Crippen molar-refractivity contribution in [2.24, 2.45) is 0 Å². The van der Waals surface area contributed by atoms with Crippen molar-refractivity contribution in [3.63, 3.8) is 0 Å². The van der Waals surface area contributed by atoms with E-state index in [4.69, 9.17) is 14.4 Å². The Balaban J connectivity index is 0. The molecule has 0 amide bonds. The van der Waals surface area contributed by atoms with Gasteiger partial charge in [0.1, 0.15) is 0 Å². The van der Waals surface area contributed by atoms with Gasteiger partial charge in [-0.05, 0) is 6.42 Å². The molecule has 1 atom stereocenters. The molecular weight excluding hydrogens is 311 g/mol. The monoisotopic (exact) mass is 334 g/mol. The fourth-order valence-electron chi connectivity index (χ4n) is 1.62. The summed E-state index contributed by atoms with van der Waals surface area (Å²) in [6.07, 6.45) is 4.79. The molecule has 0 aliphatic rings. The third-order valence-corrected chi connectivity index (χ3v) is 3.80. The van der Waals surface area contributed by atoms with E-state index >= 15 is 0 Å². The van der Waals surface area contributed by atoms with Gasteiger partial charge in [0.15, 0.2) is 5.25 Å². The van der Waals surface area contributed by atoms with E-state index in [0.717, 1.165) is 32.1 Å². The minimum atomic E-state index is -4.77. The Labute approximate surface area is 147 Å². The molecule has 0 aliphatic carbocycles. The van der Waals surface area contributed by atoms with Gasteiger partial charge in [-0.25, -0.2) is 0 Å². The summed E-state index contributed by atoms with van der Waals surface area (Å²) in [4.78, 5) is 21.9. The van der Waals surface area contributed by atoms with Gasteiger partial charge in [-0.15, -0.1) is 0 Å². The van der Waals surface area contributed by atoms with Gasteiger partial charge in [0, 0.05) is 0 Å². The van der Waals surface area contributed by atoms with Gasteiger partial charge >= 0.3 is 41.5 Å². The number of aliphatic carboxylic acids is 1. The first-order chi connectivity index (χ1) is 9.29. The molecule has 21 heavy (non-hydrogen) atoms. The van der Waals surface area contributed by atoms with Gasteiger partial charge in [-0.1, -0.05) is 39.0 Å². The van der Waals surface area contributed by atoms with Gasteiger partial charge in [-0.2, -0.15) is 8.42 Å². The zero-order valence-corrected chi connectivity index (χ0v) is 12.4. The van der Waals surface area contributed by atoms with Gasteiger partial charge in [0.05, 0.1) is 13.0 Å². The second kappa shape index (κ2) is 12.4. The predicted octanol–water partition coefficient (Wildman–Crippen LogP) is 0.973. The van der Waals surface area contributed by atoms with Gasteiger partial charge in [-0.3, -0.25) is 14.1 Å². The maximum atomic E-state index is 11.4. The van der Waals surface area contributed by atoms with Crippen molar-refractivity contribution < 1.29 is 32.4 Å². The van der Waals surface area contributed by atoms with Gasteiger partial charge in [0.25, 0.3) is 10.1 Å². The fraction of sp³-hybridized carbons (Fsp3) is 0.833. The summed E-state index contributed by atoms with van der Waals surface area (Å²) >= 11 is 0. The summed E-state index contributed by atoms with van der Waals surface area (Å²) in [6.45, 7) is 2.12. The molecule has 0 saturated carbocycles. The summed E-state index contributed by atoms with van der Waals surface area (Å²) in [5, 5.41) is 6.45. The Hall–Kier alpha value is -0.150. The average Bonchev–Trinajstić information content (AvgIpc) is 2.33. The molecule has 1 unspecified atom stereocenters. The molecule has 2 N–H and O–H groups in total. The number of hydrogen-bond acceptors (Lipinski definition) is 5. The van der Waals surface area contributed by atoms with E-state index in [9.17, 15) is 18.0 Å². The second-order valence-corrected chi connectivity index (χ2v) is 6.14. The molecule has 0 saturated heterocycles. The van der Waals surface area contributed by atoms with Crippen LogP contribution < -0.4 is 0 Å². The van der Waals surface area contributed by atoms with Crippen LogP contribution in [0.2, 0.25) is 0 Å². The van der Waals surface area contributed by atoms with Crippen molar-refractivity contribution in [2.45, 2.75) is 57.1 Å². The topological polar surface area (TPSA) is 118 Å². The molecule has 9 heteroatoms. The first-order valence-electron chi connectivity index (χ1n) is 6.63. The number of ether oxygens (including phenoxy) is 1. The summed E-state index contributed by atoms with van der Waals surface area (Å²) < 4.78 is 35.3. The molecule has 0 radical (unpaired) electrons. The van der Waals surface area contributed by atoms with Crippen molar-refractivity contribution in [2.75, 3.05) is 6.61 Å². The van der Waals surface area contributed by atoms with Crippen LogP contribution in [0.15, 0.2) is 0 Å². The van der Waals surface area contributed by atoms with E-state index in [-0.39, 0.29) is 36.2 Å². The van der Waals surface area contributed by atoms with Crippen molar-refractivity contribution in [1.82, 2.24) is 0 Å². The SMILES string of the molecule is CCCCCCCCOC(=O)C(CC(=O)O)S(=O)(=O)O.[NaH]. The van der Waals surface area contributed by atoms with Crippen molar-refractivity contribution in [3.8, 4) is 0 Å². The molecule has 0 rings (SSSR count). The van der Waals surface area contributed by atoms with Crippen LogP contribution in [0.25, 0.3) is 0 Å².